The smallest absolute Gasteiger partial charge is 0.0345 e. The average molecular weight is 151 g/mol. The van der Waals surface area contributed by atoms with Crippen molar-refractivity contribution in [3.8, 4) is 0 Å². The van der Waals surface area contributed by atoms with E-state index in [1.54, 1.807) is 0 Å². The number of rotatable bonds is 5. The van der Waals surface area contributed by atoms with Crippen LogP contribution in [0.3, 0.4) is 0 Å². The van der Waals surface area contributed by atoms with Crippen molar-refractivity contribution < 1.29 is 0 Å². The van der Waals surface area contributed by atoms with Crippen molar-refractivity contribution in [1.82, 2.24) is 0 Å². The van der Waals surface area contributed by atoms with Gasteiger partial charge in [-0.2, -0.15) is 0 Å². The molecule has 0 aromatic rings. The molecule has 0 aliphatic rings. The number of allylic oxidation sites excluding steroid dienone is 4. The Balaban J connectivity index is 3.26. The van der Waals surface area contributed by atoms with E-state index in [4.69, 9.17) is 0 Å². The van der Waals surface area contributed by atoms with Crippen LogP contribution >= 0.6 is 0 Å². The topological polar surface area (TPSA) is 0 Å². The molecule has 11 heavy (non-hydrogen) atoms. The molecule has 0 rings (SSSR count). The Kier molecular flexibility index (Phi) is 7.23. The predicted molar refractivity (Wildman–Crippen MR) is 52.3 cm³/mol. The van der Waals surface area contributed by atoms with Gasteiger partial charge in [-0.15, -0.1) is 0 Å². The van der Waals surface area contributed by atoms with Crippen LogP contribution in [-0.2, 0) is 0 Å². The van der Waals surface area contributed by atoms with Crippen molar-refractivity contribution in [2.24, 2.45) is 5.92 Å². The molecule has 1 atom stereocenters. The SMILES string of the molecule is [CH2]CC(C)CC/C=C/C=C/C. The molecule has 0 aliphatic carbocycles. The minimum absolute atomic E-state index is 0.769. The van der Waals surface area contributed by atoms with Crippen molar-refractivity contribution >= 4 is 0 Å². The summed E-state index contributed by atoms with van der Waals surface area (Å²) < 4.78 is 0. The first-order valence-electron chi connectivity index (χ1n) is 4.38. The fourth-order valence-electron chi connectivity index (χ4n) is 0.811. The third-order valence-electron chi connectivity index (χ3n) is 1.76. The van der Waals surface area contributed by atoms with Crippen LogP contribution in [0.1, 0.15) is 33.1 Å². The van der Waals surface area contributed by atoms with Crippen LogP contribution in [0.15, 0.2) is 24.3 Å². The van der Waals surface area contributed by atoms with E-state index >= 15 is 0 Å². The van der Waals surface area contributed by atoms with Crippen molar-refractivity contribution in [3.05, 3.63) is 31.2 Å². The van der Waals surface area contributed by atoms with E-state index in [2.05, 4.69) is 32.1 Å². The molecule has 0 spiro atoms. The molecule has 0 amide bonds. The van der Waals surface area contributed by atoms with Gasteiger partial charge in [0.15, 0.2) is 0 Å². The van der Waals surface area contributed by atoms with Crippen molar-refractivity contribution in [2.45, 2.75) is 33.1 Å². The highest BCUT2D eigenvalue weighted by atomic mass is 14.0. The molecule has 0 aromatic heterocycles. The van der Waals surface area contributed by atoms with Gasteiger partial charge in [-0.3, -0.25) is 0 Å². The lowest BCUT2D eigenvalue weighted by atomic mass is 10.0. The summed E-state index contributed by atoms with van der Waals surface area (Å²) in [7, 11) is 0. The summed E-state index contributed by atoms with van der Waals surface area (Å²) in [5.74, 6) is 0.769. The molecule has 1 radical (unpaired) electrons. The van der Waals surface area contributed by atoms with Gasteiger partial charge in [-0.1, -0.05) is 44.6 Å². The highest BCUT2D eigenvalue weighted by Crippen LogP contribution is 2.08. The lowest BCUT2D eigenvalue weighted by Crippen LogP contribution is -1.89. The molecule has 0 nitrogen and oxygen atoms in total. The van der Waals surface area contributed by atoms with Gasteiger partial charge in [0.2, 0.25) is 0 Å². The summed E-state index contributed by atoms with van der Waals surface area (Å²) in [6.45, 7) is 8.14. The Morgan fingerprint density at radius 2 is 2.09 bits per heavy atom. The van der Waals surface area contributed by atoms with Gasteiger partial charge >= 0.3 is 0 Å². The quantitative estimate of drug-likeness (QED) is 0.525. The lowest BCUT2D eigenvalue weighted by molar-refractivity contribution is 0.545. The molecule has 0 heterocycles. The largest absolute Gasteiger partial charge is 0.0877 e. The van der Waals surface area contributed by atoms with Crippen LogP contribution in [0.25, 0.3) is 0 Å². The summed E-state index contributed by atoms with van der Waals surface area (Å²) in [5.41, 5.74) is 0. The molecule has 0 heteroatoms. The molecule has 0 saturated heterocycles. The van der Waals surface area contributed by atoms with E-state index in [0.717, 1.165) is 12.3 Å². The Morgan fingerprint density at radius 1 is 1.36 bits per heavy atom. The molecule has 0 fully saturated rings. The predicted octanol–water partition coefficient (Wildman–Crippen LogP) is 3.76. The van der Waals surface area contributed by atoms with Crippen LogP contribution in [0.4, 0.5) is 0 Å². The second-order valence-corrected chi connectivity index (χ2v) is 2.93. The maximum atomic E-state index is 3.86. The second-order valence-electron chi connectivity index (χ2n) is 2.93. The van der Waals surface area contributed by atoms with Gasteiger partial charge in [0, 0.05) is 0 Å². The fourth-order valence-corrected chi connectivity index (χ4v) is 0.811. The van der Waals surface area contributed by atoms with E-state index in [9.17, 15) is 0 Å². The maximum absolute atomic E-state index is 3.86. The monoisotopic (exact) mass is 151 g/mol. The first-order valence-corrected chi connectivity index (χ1v) is 4.38. The standard InChI is InChI=1S/C11H19/c1-4-6-7-8-9-10-11(3)5-2/h4,6-8,11H,2,5,9-10H2,1,3H3/b6-4+,8-7+. The van der Waals surface area contributed by atoms with Crippen LogP contribution in [0.2, 0.25) is 0 Å². The molecule has 0 aliphatic heterocycles. The minimum atomic E-state index is 0.769. The molecule has 0 saturated carbocycles. The molecule has 0 aromatic carbocycles. The number of hydrogen-bond donors (Lipinski definition) is 0. The Labute approximate surface area is 71.0 Å². The summed E-state index contributed by atoms with van der Waals surface area (Å²) >= 11 is 0. The maximum Gasteiger partial charge on any atom is -0.0345 e. The van der Waals surface area contributed by atoms with Crippen molar-refractivity contribution in [1.29, 1.82) is 0 Å². The second kappa shape index (κ2) is 7.59. The zero-order valence-electron chi connectivity index (χ0n) is 7.72. The minimum Gasteiger partial charge on any atom is -0.0877 e. The zero-order valence-corrected chi connectivity index (χ0v) is 7.72. The zero-order chi connectivity index (χ0) is 8.53. The van der Waals surface area contributed by atoms with Crippen LogP contribution < -0.4 is 0 Å². The average Bonchev–Trinajstić information content (AvgIpc) is 2.04. The van der Waals surface area contributed by atoms with Gasteiger partial charge in [-0.05, 0) is 25.7 Å². The lowest BCUT2D eigenvalue weighted by Gasteiger charge is -2.03. The van der Waals surface area contributed by atoms with E-state index in [-0.39, 0.29) is 0 Å². The van der Waals surface area contributed by atoms with Crippen LogP contribution in [0, 0.1) is 12.8 Å². The Hall–Kier alpha value is -0.520. The van der Waals surface area contributed by atoms with Crippen LogP contribution in [-0.4, -0.2) is 0 Å². The van der Waals surface area contributed by atoms with E-state index < -0.39 is 0 Å². The van der Waals surface area contributed by atoms with Crippen LogP contribution in [0.5, 0.6) is 0 Å². The third-order valence-corrected chi connectivity index (χ3v) is 1.76. The first-order chi connectivity index (χ1) is 5.31. The van der Waals surface area contributed by atoms with Gasteiger partial charge in [0.05, 0.1) is 0 Å². The highest BCUT2D eigenvalue weighted by Gasteiger charge is 1.94. The van der Waals surface area contributed by atoms with Crippen molar-refractivity contribution in [3.63, 3.8) is 0 Å². The molecule has 0 N–H and O–H groups in total. The van der Waals surface area contributed by atoms with Gasteiger partial charge in [0.1, 0.15) is 0 Å². The number of hydrogen-bond acceptors (Lipinski definition) is 0. The molecular formula is C11H19. The Morgan fingerprint density at radius 3 is 2.64 bits per heavy atom. The van der Waals surface area contributed by atoms with E-state index in [1.807, 2.05) is 13.0 Å². The molecule has 63 valence electrons. The normalized spacial score (nSPS) is 14.8. The molecular weight excluding hydrogens is 132 g/mol. The Bertz CT molecular complexity index is 120. The van der Waals surface area contributed by atoms with Gasteiger partial charge < -0.3 is 0 Å². The fraction of sp³-hybridized carbons (Fsp3) is 0.545. The summed E-state index contributed by atoms with van der Waals surface area (Å²) in [4.78, 5) is 0. The summed E-state index contributed by atoms with van der Waals surface area (Å²) in [5, 5.41) is 0. The molecule has 0 bridgehead atoms. The van der Waals surface area contributed by atoms with Gasteiger partial charge in [-0.25, -0.2) is 0 Å². The summed E-state index contributed by atoms with van der Waals surface area (Å²) in [6, 6.07) is 0. The van der Waals surface area contributed by atoms with Gasteiger partial charge in [0.25, 0.3) is 0 Å². The highest BCUT2D eigenvalue weighted by molar-refractivity contribution is 5.00. The molecule has 1 unspecified atom stereocenters. The third kappa shape index (κ3) is 7.38. The van der Waals surface area contributed by atoms with E-state index in [1.165, 1.54) is 12.8 Å². The first kappa shape index (κ1) is 10.5. The van der Waals surface area contributed by atoms with E-state index in [0.29, 0.717) is 0 Å². The van der Waals surface area contributed by atoms with Crippen molar-refractivity contribution in [2.75, 3.05) is 0 Å². The summed E-state index contributed by atoms with van der Waals surface area (Å²) in [6.07, 6.45) is 11.9.